The number of benzene rings is 1. The van der Waals surface area contributed by atoms with Crippen molar-refractivity contribution in [2.75, 3.05) is 46.4 Å². The second-order valence-electron chi connectivity index (χ2n) is 7.65. The number of hydrogen-bond donors (Lipinski definition) is 1. The van der Waals surface area contributed by atoms with Crippen LogP contribution in [0.1, 0.15) is 31.0 Å². The second kappa shape index (κ2) is 12.4. The van der Waals surface area contributed by atoms with Crippen molar-refractivity contribution in [3.63, 3.8) is 0 Å². The molecule has 0 amide bonds. The molecule has 0 bridgehead atoms. The number of nitrogens with zero attached hydrogens (tertiary/aromatic N) is 4. The molecule has 1 aromatic carbocycles. The molecule has 178 valence electrons. The molecule has 2 aromatic rings. The summed E-state index contributed by atoms with van der Waals surface area (Å²) < 4.78 is 37.3. The van der Waals surface area contributed by atoms with Gasteiger partial charge in [0.15, 0.2) is 5.96 Å². The Hall–Kier alpha value is -1.86. The zero-order chi connectivity index (χ0) is 22.3. The largest absolute Gasteiger partial charge is 0.491 e. The van der Waals surface area contributed by atoms with Crippen molar-refractivity contribution in [1.29, 1.82) is 0 Å². The lowest BCUT2D eigenvalue weighted by molar-refractivity contribution is 0.257. The zero-order valence-electron chi connectivity index (χ0n) is 18.7. The third-order valence-electron chi connectivity index (χ3n) is 5.15. The van der Waals surface area contributed by atoms with Crippen LogP contribution in [-0.2, 0) is 15.8 Å². The molecular formula is C21H32IN5O4S. The number of piperazine rings is 1. The minimum atomic E-state index is -3.42. The van der Waals surface area contributed by atoms with E-state index in [9.17, 15) is 8.42 Å². The molecule has 0 unspecified atom stereocenters. The van der Waals surface area contributed by atoms with Crippen molar-refractivity contribution in [3.05, 3.63) is 47.9 Å². The van der Waals surface area contributed by atoms with Crippen molar-refractivity contribution in [2.45, 2.75) is 25.5 Å². The smallest absolute Gasteiger partial charge is 0.220 e. The first-order valence-corrected chi connectivity index (χ1v) is 12.1. The molecule has 1 saturated heterocycles. The molecule has 0 spiro atoms. The fourth-order valence-corrected chi connectivity index (χ4v) is 4.94. The van der Waals surface area contributed by atoms with E-state index in [4.69, 9.17) is 9.26 Å². The van der Waals surface area contributed by atoms with Gasteiger partial charge in [-0.15, -0.1) is 24.0 Å². The Morgan fingerprint density at radius 3 is 2.56 bits per heavy atom. The fraction of sp³-hybridized carbons (Fsp3) is 0.524. The summed E-state index contributed by atoms with van der Waals surface area (Å²) in [5.74, 6) is 1.90. The number of rotatable bonds is 8. The van der Waals surface area contributed by atoms with Crippen LogP contribution in [0.25, 0.3) is 0 Å². The average Bonchev–Trinajstić information content (AvgIpc) is 3.26. The number of ether oxygens (including phenoxy) is 1. The third-order valence-corrected chi connectivity index (χ3v) is 6.96. The number of guanidine groups is 1. The van der Waals surface area contributed by atoms with Crippen LogP contribution >= 0.6 is 24.0 Å². The minimum absolute atomic E-state index is 0. The first-order chi connectivity index (χ1) is 14.9. The Bertz CT molecular complexity index is 958. The van der Waals surface area contributed by atoms with Crippen molar-refractivity contribution in [1.82, 2.24) is 19.7 Å². The molecular weight excluding hydrogens is 545 g/mol. The third kappa shape index (κ3) is 7.07. The highest BCUT2D eigenvalue weighted by molar-refractivity contribution is 14.0. The van der Waals surface area contributed by atoms with Crippen LogP contribution in [0.15, 0.2) is 46.1 Å². The summed E-state index contributed by atoms with van der Waals surface area (Å²) in [6, 6.07) is 9.64. The van der Waals surface area contributed by atoms with Crippen molar-refractivity contribution in [3.8, 4) is 5.75 Å². The standard InChI is InChI=1S/C21H31N5O4S.HI/c1-17(2)19-6-4-5-7-20(19)29-15-9-23-21(22-3)25-10-12-26(13-11-25)31(27,28)16-18-8-14-30-24-18;/h4-8,14,17H,9-13,15-16H2,1-3H3,(H,22,23);1H. The van der Waals surface area contributed by atoms with Gasteiger partial charge in [-0.2, -0.15) is 4.31 Å². The Morgan fingerprint density at radius 2 is 1.94 bits per heavy atom. The summed E-state index contributed by atoms with van der Waals surface area (Å²) in [5.41, 5.74) is 1.61. The SMILES string of the molecule is CN=C(NCCOc1ccccc1C(C)C)N1CCN(S(=O)(=O)Cc2ccon2)CC1.I. The summed E-state index contributed by atoms with van der Waals surface area (Å²) in [4.78, 5) is 6.40. The van der Waals surface area contributed by atoms with E-state index >= 15 is 0 Å². The predicted octanol–water partition coefficient (Wildman–Crippen LogP) is 2.52. The summed E-state index contributed by atoms with van der Waals surface area (Å²) in [7, 11) is -1.69. The molecule has 0 atom stereocenters. The highest BCUT2D eigenvalue weighted by Crippen LogP contribution is 2.25. The number of halogens is 1. The number of aromatic nitrogens is 1. The van der Waals surface area contributed by atoms with Crippen LogP contribution < -0.4 is 10.1 Å². The van der Waals surface area contributed by atoms with Crippen LogP contribution in [-0.4, -0.2) is 75.1 Å². The molecule has 32 heavy (non-hydrogen) atoms. The highest BCUT2D eigenvalue weighted by Gasteiger charge is 2.28. The zero-order valence-corrected chi connectivity index (χ0v) is 21.9. The molecule has 1 aromatic heterocycles. The fourth-order valence-electron chi connectivity index (χ4n) is 3.51. The van der Waals surface area contributed by atoms with E-state index in [0.717, 1.165) is 11.7 Å². The maximum atomic E-state index is 12.6. The van der Waals surface area contributed by atoms with E-state index in [1.165, 1.54) is 16.1 Å². The van der Waals surface area contributed by atoms with Crippen molar-refractivity contribution in [2.24, 2.45) is 4.99 Å². The Kier molecular flexibility index (Phi) is 10.2. The average molecular weight is 577 g/mol. The van der Waals surface area contributed by atoms with Gasteiger partial charge in [-0.05, 0) is 17.5 Å². The van der Waals surface area contributed by atoms with E-state index in [0.29, 0.717) is 50.9 Å². The lowest BCUT2D eigenvalue weighted by atomic mass is 10.0. The van der Waals surface area contributed by atoms with Crippen molar-refractivity contribution >= 4 is 40.0 Å². The molecule has 0 radical (unpaired) electrons. The number of nitrogens with one attached hydrogen (secondary N) is 1. The van der Waals surface area contributed by atoms with Crippen molar-refractivity contribution < 1.29 is 17.7 Å². The van der Waals surface area contributed by atoms with E-state index < -0.39 is 10.0 Å². The first kappa shape index (κ1) is 26.4. The number of aliphatic imine (C=N–C) groups is 1. The van der Waals surface area contributed by atoms with E-state index in [1.54, 1.807) is 13.1 Å². The van der Waals surface area contributed by atoms with Crippen LogP contribution in [0.4, 0.5) is 0 Å². The van der Waals surface area contributed by atoms with Crippen LogP contribution in [0, 0.1) is 0 Å². The van der Waals surface area contributed by atoms with Gasteiger partial charge in [0.1, 0.15) is 24.4 Å². The maximum absolute atomic E-state index is 12.6. The minimum Gasteiger partial charge on any atom is -0.491 e. The maximum Gasteiger partial charge on any atom is 0.220 e. The number of hydrogen-bond acceptors (Lipinski definition) is 6. The Balaban J connectivity index is 0.00000363. The molecule has 1 N–H and O–H groups in total. The normalized spacial score (nSPS) is 15.5. The van der Waals surface area contributed by atoms with Gasteiger partial charge in [-0.25, -0.2) is 8.42 Å². The first-order valence-electron chi connectivity index (χ1n) is 10.4. The van der Waals surface area contributed by atoms with E-state index in [-0.39, 0.29) is 29.7 Å². The van der Waals surface area contributed by atoms with Gasteiger partial charge < -0.3 is 19.5 Å². The van der Waals surface area contributed by atoms with Gasteiger partial charge in [0.05, 0.1) is 12.2 Å². The van der Waals surface area contributed by atoms with Crippen LogP contribution in [0.2, 0.25) is 0 Å². The monoisotopic (exact) mass is 577 g/mol. The topological polar surface area (TPSA) is 100 Å². The molecule has 1 aliphatic rings. The lowest BCUT2D eigenvalue weighted by Gasteiger charge is -2.35. The molecule has 0 saturated carbocycles. The number of para-hydroxylation sites is 1. The Labute approximate surface area is 207 Å². The molecule has 1 fully saturated rings. The van der Waals surface area contributed by atoms with Gasteiger partial charge in [0.25, 0.3) is 0 Å². The quantitative estimate of drug-likeness (QED) is 0.223. The Morgan fingerprint density at radius 1 is 1.22 bits per heavy atom. The molecule has 2 heterocycles. The summed E-state index contributed by atoms with van der Waals surface area (Å²) in [5, 5.41) is 7.01. The van der Waals surface area contributed by atoms with Gasteiger partial charge in [0, 0.05) is 39.3 Å². The highest BCUT2D eigenvalue weighted by atomic mass is 127. The molecule has 3 rings (SSSR count). The van der Waals surface area contributed by atoms with Gasteiger partial charge >= 0.3 is 0 Å². The van der Waals surface area contributed by atoms with Crippen LogP contribution in [0.5, 0.6) is 5.75 Å². The molecule has 0 aliphatic carbocycles. The lowest BCUT2D eigenvalue weighted by Crippen LogP contribution is -2.54. The number of sulfonamides is 1. The second-order valence-corrected chi connectivity index (χ2v) is 9.62. The summed E-state index contributed by atoms with van der Waals surface area (Å²) in [6.45, 7) is 7.34. The predicted molar refractivity (Wildman–Crippen MR) is 135 cm³/mol. The van der Waals surface area contributed by atoms with E-state index in [2.05, 4.69) is 40.3 Å². The van der Waals surface area contributed by atoms with Crippen LogP contribution in [0.3, 0.4) is 0 Å². The molecule has 9 nitrogen and oxygen atoms in total. The molecule has 11 heteroatoms. The summed E-state index contributed by atoms with van der Waals surface area (Å²) >= 11 is 0. The van der Waals surface area contributed by atoms with Gasteiger partial charge in [0.2, 0.25) is 10.0 Å². The molecule has 1 aliphatic heterocycles. The van der Waals surface area contributed by atoms with E-state index in [1.807, 2.05) is 18.2 Å². The van der Waals surface area contributed by atoms with Gasteiger partial charge in [-0.3, -0.25) is 4.99 Å². The van der Waals surface area contributed by atoms with Gasteiger partial charge in [-0.1, -0.05) is 37.2 Å². The summed E-state index contributed by atoms with van der Waals surface area (Å²) in [6.07, 6.45) is 1.38.